The molecule has 0 saturated heterocycles. The number of hydrogen-bond donors (Lipinski definition) is 0. The lowest BCUT2D eigenvalue weighted by Gasteiger charge is -2.10. The molecule has 0 amide bonds. The second-order valence-corrected chi connectivity index (χ2v) is 3.23. The zero-order chi connectivity index (χ0) is 11.3. The minimum Gasteiger partial charge on any atom is -0.466 e. The van der Waals surface area contributed by atoms with E-state index in [2.05, 4.69) is 9.97 Å². The van der Waals surface area contributed by atoms with Crippen molar-refractivity contribution in [1.29, 1.82) is 0 Å². The number of carbonyl (C=O) groups is 1. The third kappa shape index (κ3) is 3.53. The lowest BCUT2D eigenvalue weighted by Crippen LogP contribution is -2.13. The Labute approximate surface area is 89.1 Å². The smallest absolute Gasteiger partial charge is 0.313 e. The fourth-order valence-electron chi connectivity index (χ4n) is 1.01. The number of aromatic nitrogens is 2. The molecule has 1 aromatic rings. The number of rotatable bonds is 4. The van der Waals surface area contributed by atoms with Crippen LogP contribution >= 0.6 is 0 Å². The summed E-state index contributed by atoms with van der Waals surface area (Å²) in [5.41, 5.74) is 0.905. The van der Waals surface area contributed by atoms with Crippen molar-refractivity contribution < 1.29 is 9.53 Å². The lowest BCUT2D eigenvalue weighted by atomic mass is 10.4. The van der Waals surface area contributed by atoms with E-state index < -0.39 is 0 Å². The molecular formula is C10H15N3O2. The zero-order valence-corrected chi connectivity index (χ0v) is 9.23. The molecule has 0 N–H and O–H groups in total. The van der Waals surface area contributed by atoms with Crippen molar-refractivity contribution in [2.45, 2.75) is 13.3 Å². The van der Waals surface area contributed by atoms with Crippen molar-refractivity contribution in [2.75, 3.05) is 25.6 Å². The number of nitrogens with zero attached hydrogens (tertiary/aromatic N) is 3. The number of carbonyl (C=O) groups excluding carboxylic acids is 1. The van der Waals surface area contributed by atoms with Crippen LogP contribution in [0.2, 0.25) is 0 Å². The standard InChI is InChI=1S/C10H15N3O2/c1-4-15-10(14)5-9-11-6-8(7-12-9)13(2)3/h6-7H,4-5H2,1-3H3. The largest absolute Gasteiger partial charge is 0.466 e. The van der Waals surface area contributed by atoms with Crippen molar-refractivity contribution in [3.05, 3.63) is 18.2 Å². The Kier molecular flexibility index (Phi) is 4.03. The van der Waals surface area contributed by atoms with Gasteiger partial charge in [0, 0.05) is 14.1 Å². The molecule has 1 aromatic heterocycles. The van der Waals surface area contributed by atoms with Gasteiger partial charge < -0.3 is 9.64 Å². The van der Waals surface area contributed by atoms with Gasteiger partial charge in [0.1, 0.15) is 12.2 Å². The average Bonchev–Trinajstić information content (AvgIpc) is 2.18. The summed E-state index contributed by atoms with van der Waals surface area (Å²) in [6.07, 6.45) is 3.49. The van der Waals surface area contributed by atoms with Crippen LogP contribution < -0.4 is 4.90 Å². The maximum Gasteiger partial charge on any atom is 0.313 e. The Hall–Kier alpha value is -1.65. The molecule has 0 spiro atoms. The summed E-state index contributed by atoms with van der Waals surface area (Å²) >= 11 is 0. The van der Waals surface area contributed by atoms with E-state index in [-0.39, 0.29) is 12.4 Å². The Morgan fingerprint density at radius 3 is 2.47 bits per heavy atom. The molecule has 15 heavy (non-hydrogen) atoms. The summed E-state index contributed by atoms with van der Waals surface area (Å²) in [6.45, 7) is 2.16. The van der Waals surface area contributed by atoms with Crippen molar-refractivity contribution >= 4 is 11.7 Å². The van der Waals surface area contributed by atoms with Gasteiger partial charge in [0.2, 0.25) is 0 Å². The van der Waals surface area contributed by atoms with Crippen LogP contribution in [-0.2, 0) is 16.0 Å². The molecule has 0 radical (unpaired) electrons. The molecule has 1 rings (SSSR count). The van der Waals surface area contributed by atoms with Gasteiger partial charge in [0.25, 0.3) is 0 Å². The molecule has 0 unspecified atom stereocenters. The van der Waals surface area contributed by atoms with Crippen molar-refractivity contribution in [3.63, 3.8) is 0 Å². The number of hydrogen-bond acceptors (Lipinski definition) is 5. The van der Waals surface area contributed by atoms with Crippen molar-refractivity contribution in [3.8, 4) is 0 Å². The van der Waals surface area contributed by atoms with Gasteiger partial charge in [-0.15, -0.1) is 0 Å². The van der Waals surface area contributed by atoms with Crippen molar-refractivity contribution in [2.24, 2.45) is 0 Å². The molecule has 0 fully saturated rings. The highest BCUT2D eigenvalue weighted by Gasteiger charge is 2.06. The first kappa shape index (κ1) is 11.4. The minimum absolute atomic E-state index is 0.127. The second-order valence-electron chi connectivity index (χ2n) is 3.23. The normalized spacial score (nSPS) is 9.80. The zero-order valence-electron chi connectivity index (χ0n) is 9.23. The Morgan fingerprint density at radius 1 is 1.40 bits per heavy atom. The molecule has 0 saturated carbocycles. The minimum atomic E-state index is -0.296. The summed E-state index contributed by atoms with van der Waals surface area (Å²) in [7, 11) is 3.81. The van der Waals surface area contributed by atoms with Crippen LogP contribution in [0.5, 0.6) is 0 Å². The predicted octanol–water partition coefficient (Wildman–Crippen LogP) is 0.648. The molecule has 0 aromatic carbocycles. The molecule has 82 valence electrons. The van der Waals surface area contributed by atoms with E-state index in [4.69, 9.17) is 4.74 Å². The quantitative estimate of drug-likeness (QED) is 0.681. The average molecular weight is 209 g/mol. The first-order valence-electron chi connectivity index (χ1n) is 4.77. The van der Waals surface area contributed by atoms with Gasteiger partial charge in [0.05, 0.1) is 24.7 Å². The van der Waals surface area contributed by atoms with Crippen LogP contribution in [0.4, 0.5) is 5.69 Å². The first-order chi connectivity index (χ1) is 7.13. The van der Waals surface area contributed by atoms with Crippen LogP contribution in [0.15, 0.2) is 12.4 Å². The van der Waals surface area contributed by atoms with Gasteiger partial charge in [-0.05, 0) is 6.92 Å². The molecular weight excluding hydrogens is 194 g/mol. The highest BCUT2D eigenvalue weighted by molar-refractivity contribution is 5.71. The summed E-state index contributed by atoms with van der Waals surface area (Å²) in [5, 5.41) is 0. The van der Waals surface area contributed by atoms with Gasteiger partial charge in [0.15, 0.2) is 0 Å². The maximum absolute atomic E-state index is 11.1. The molecule has 0 aliphatic rings. The van der Waals surface area contributed by atoms with Gasteiger partial charge in [-0.2, -0.15) is 0 Å². The third-order valence-electron chi connectivity index (χ3n) is 1.82. The van der Waals surface area contributed by atoms with E-state index in [0.717, 1.165) is 5.69 Å². The molecule has 0 atom stereocenters. The fraction of sp³-hybridized carbons (Fsp3) is 0.500. The Balaban J connectivity index is 2.60. The third-order valence-corrected chi connectivity index (χ3v) is 1.82. The molecule has 0 aliphatic carbocycles. The molecule has 0 bridgehead atoms. The topological polar surface area (TPSA) is 55.3 Å². The van der Waals surface area contributed by atoms with Gasteiger partial charge in [-0.3, -0.25) is 4.79 Å². The van der Waals surface area contributed by atoms with E-state index in [1.807, 2.05) is 19.0 Å². The molecule has 0 aliphatic heterocycles. The van der Waals surface area contributed by atoms with Crippen LogP contribution in [-0.4, -0.2) is 36.6 Å². The van der Waals surface area contributed by atoms with E-state index in [0.29, 0.717) is 12.4 Å². The van der Waals surface area contributed by atoms with Gasteiger partial charge in [-0.25, -0.2) is 9.97 Å². The molecule has 5 heteroatoms. The van der Waals surface area contributed by atoms with E-state index in [1.54, 1.807) is 19.3 Å². The Morgan fingerprint density at radius 2 is 2.00 bits per heavy atom. The van der Waals surface area contributed by atoms with Crippen LogP contribution in [0.3, 0.4) is 0 Å². The number of esters is 1. The summed E-state index contributed by atoms with van der Waals surface area (Å²) < 4.78 is 4.79. The maximum atomic E-state index is 11.1. The lowest BCUT2D eigenvalue weighted by molar-refractivity contribution is -0.142. The van der Waals surface area contributed by atoms with Crippen LogP contribution in [0, 0.1) is 0 Å². The first-order valence-corrected chi connectivity index (χ1v) is 4.77. The number of ether oxygens (including phenoxy) is 1. The molecule has 5 nitrogen and oxygen atoms in total. The SMILES string of the molecule is CCOC(=O)Cc1ncc(N(C)C)cn1. The summed E-state index contributed by atoms with van der Waals surface area (Å²) in [5.74, 6) is 0.189. The highest BCUT2D eigenvalue weighted by Crippen LogP contribution is 2.06. The van der Waals surface area contributed by atoms with Crippen LogP contribution in [0.1, 0.15) is 12.7 Å². The van der Waals surface area contributed by atoms with E-state index in [1.165, 1.54) is 0 Å². The van der Waals surface area contributed by atoms with Gasteiger partial charge in [-0.1, -0.05) is 0 Å². The Bertz CT molecular complexity index is 322. The van der Waals surface area contributed by atoms with Crippen LogP contribution in [0.25, 0.3) is 0 Å². The summed E-state index contributed by atoms with van der Waals surface area (Å²) in [6, 6.07) is 0. The summed E-state index contributed by atoms with van der Waals surface area (Å²) in [4.78, 5) is 21.2. The van der Waals surface area contributed by atoms with Gasteiger partial charge >= 0.3 is 5.97 Å². The van der Waals surface area contributed by atoms with Crippen molar-refractivity contribution in [1.82, 2.24) is 9.97 Å². The molecule has 1 heterocycles. The fourth-order valence-corrected chi connectivity index (χ4v) is 1.01. The predicted molar refractivity (Wildman–Crippen MR) is 56.7 cm³/mol. The highest BCUT2D eigenvalue weighted by atomic mass is 16.5. The monoisotopic (exact) mass is 209 g/mol. The second kappa shape index (κ2) is 5.29. The van der Waals surface area contributed by atoms with E-state index in [9.17, 15) is 4.79 Å². The number of anilines is 1. The van der Waals surface area contributed by atoms with E-state index >= 15 is 0 Å².